The molecule has 1 heterocycles. The molecule has 0 unspecified atom stereocenters. The number of rotatable bonds is 4. The van der Waals surface area contributed by atoms with Crippen molar-refractivity contribution in [2.75, 3.05) is 18.5 Å². The van der Waals surface area contributed by atoms with Crippen LogP contribution in [0.5, 0.6) is 0 Å². The average Bonchev–Trinajstić information content (AvgIpc) is 2.73. The smallest absolute Gasteiger partial charge is 0.0622 e. The molecule has 0 N–H and O–H groups in total. The Morgan fingerprint density at radius 1 is 1.38 bits per heavy atom. The van der Waals surface area contributed by atoms with E-state index < -0.39 is 0 Å². The SMILES string of the molecule is CN(CCCC#N)c1csc2ccccc12. The zero-order valence-corrected chi connectivity index (χ0v) is 10.1. The Morgan fingerprint density at radius 3 is 3.00 bits per heavy atom. The molecule has 2 aromatic rings. The van der Waals surface area contributed by atoms with Crippen LogP contribution in [0, 0.1) is 11.3 Å². The van der Waals surface area contributed by atoms with Crippen LogP contribution in [0.1, 0.15) is 12.8 Å². The Hall–Kier alpha value is -1.53. The molecule has 0 aliphatic carbocycles. The summed E-state index contributed by atoms with van der Waals surface area (Å²) in [6, 6.07) is 10.6. The van der Waals surface area contributed by atoms with Crippen LogP contribution < -0.4 is 4.90 Å². The second-order valence-electron chi connectivity index (χ2n) is 3.80. The first-order chi connectivity index (χ1) is 7.83. The molecule has 16 heavy (non-hydrogen) atoms. The maximum absolute atomic E-state index is 8.52. The molecule has 82 valence electrons. The van der Waals surface area contributed by atoms with E-state index in [0.717, 1.165) is 13.0 Å². The number of nitriles is 1. The van der Waals surface area contributed by atoms with Crippen molar-refractivity contribution in [3.8, 4) is 6.07 Å². The molecular weight excluding hydrogens is 216 g/mol. The molecule has 3 heteroatoms. The monoisotopic (exact) mass is 230 g/mol. The molecule has 0 fully saturated rings. The van der Waals surface area contributed by atoms with Gasteiger partial charge in [0.25, 0.3) is 0 Å². The predicted molar refractivity (Wildman–Crippen MR) is 69.9 cm³/mol. The van der Waals surface area contributed by atoms with Crippen molar-refractivity contribution >= 4 is 27.1 Å². The first kappa shape index (κ1) is 11.0. The van der Waals surface area contributed by atoms with E-state index in [1.165, 1.54) is 15.8 Å². The first-order valence-corrected chi connectivity index (χ1v) is 6.25. The van der Waals surface area contributed by atoms with Crippen LogP contribution in [0.2, 0.25) is 0 Å². The van der Waals surface area contributed by atoms with Crippen molar-refractivity contribution in [2.45, 2.75) is 12.8 Å². The molecule has 2 nitrogen and oxygen atoms in total. The number of unbranched alkanes of at least 4 members (excludes halogenated alkanes) is 1. The summed E-state index contributed by atoms with van der Waals surface area (Å²) in [7, 11) is 2.09. The van der Waals surface area contributed by atoms with E-state index in [0.29, 0.717) is 6.42 Å². The van der Waals surface area contributed by atoms with E-state index >= 15 is 0 Å². The summed E-state index contributed by atoms with van der Waals surface area (Å²) in [5, 5.41) is 12.0. The van der Waals surface area contributed by atoms with E-state index in [4.69, 9.17) is 5.26 Å². The summed E-state index contributed by atoms with van der Waals surface area (Å²) in [5.41, 5.74) is 1.28. The van der Waals surface area contributed by atoms with Gasteiger partial charge in [-0.25, -0.2) is 0 Å². The summed E-state index contributed by atoms with van der Waals surface area (Å²) < 4.78 is 1.32. The molecule has 0 bridgehead atoms. The molecule has 0 saturated heterocycles. The van der Waals surface area contributed by atoms with E-state index in [1.54, 1.807) is 11.3 Å². The number of hydrogen-bond donors (Lipinski definition) is 0. The highest BCUT2D eigenvalue weighted by Crippen LogP contribution is 2.32. The molecule has 1 aromatic carbocycles. The van der Waals surface area contributed by atoms with Crippen molar-refractivity contribution in [1.82, 2.24) is 0 Å². The van der Waals surface area contributed by atoms with Crippen LogP contribution in [-0.2, 0) is 0 Å². The van der Waals surface area contributed by atoms with Gasteiger partial charge in [-0.1, -0.05) is 18.2 Å². The van der Waals surface area contributed by atoms with Crippen molar-refractivity contribution < 1.29 is 0 Å². The van der Waals surface area contributed by atoms with Crippen molar-refractivity contribution in [3.05, 3.63) is 29.6 Å². The maximum atomic E-state index is 8.52. The number of fused-ring (bicyclic) bond motifs is 1. The highest BCUT2D eigenvalue weighted by atomic mass is 32.1. The maximum Gasteiger partial charge on any atom is 0.0622 e. The number of anilines is 1. The molecule has 0 saturated carbocycles. The predicted octanol–water partition coefficient (Wildman–Crippen LogP) is 3.64. The zero-order valence-electron chi connectivity index (χ0n) is 9.31. The summed E-state index contributed by atoms with van der Waals surface area (Å²) in [6.45, 7) is 0.939. The third-order valence-corrected chi connectivity index (χ3v) is 3.60. The van der Waals surface area contributed by atoms with Crippen LogP contribution in [0.25, 0.3) is 10.1 Å². The van der Waals surface area contributed by atoms with Gasteiger partial charge in [-0.2, -0.15) is 5.26 Å². The second-order valence-corrected chi connectivity index (χ2v) is 4.71. The molecule has 0 atom stereocenters. The van der Waals surface area contributed by atoms with Crippen molar-refractivity contribution in [2.24, 2.45) is 0 Å². The fraction of sp³-hybridized carbons (Fsp3) is 0.308. The van der Waals surface area contributed by atoms with Gasteiger partial charge in [0.15, 0.2) is 0 Å². The normalized spacial score (nSPS) is 10.2. The van der Waals surface area contributed by atoms with Gasteiger partial charge in [0.1, 0.15) is 0 Å². The number of benzene rings is 1. The van der Waals surface area contributed by atoms with Crippen LogP contribution in [0.4, 0.5) is 5.69 Å². The quantitative estimate of drug-likeness (QED) is 0.750. The standard InChI is InChI=1S/C13H14N2S/c1-15(9-5-4-8-14)12-10-16-13-7-3-2-6-11(12)13/h2-3,6-7,10H,4-5,9H2,1H3. The minimum atomic E-state index is 0.631. The molecule has 2 rings (SSSR count). The Balaban J connectivity index is 2.17. The number of nitrogens with zero attached hydrogens (tertiary/aromatic N) is 2. The molecule has 1 aromatic heterocycles. The summed E-state index contributed by atoms with van der Waals surface area (Å²) >= 11 is 1.77. The molecule has 0 aliphatic heterocycles. The Kier molecular flexibility index (Phi) is 3.43. The van der Waals surface area contributed by atoms with Gasteiger partial charge in [0.05, 0.1) is 11.8 Å². The van der Waals surface area contributed by atoms with Crippen molar-refractivity contribution in [3.63, 3.8) is 0 Å². The minimum absolute atomic E-state index is 0.631. The second kappa shape index (κ2) is 5.00. The summed E-state index contributed by atoms with van der Waals surface area (Å²) in [6.07, 6.45) is 1.56. The summed E-state index contributed by atoms with van der Waals surface area (Å²) in [5.74, 6) is 0. The Bertz CT molecular complexity index is 510. The lowest BCUT2D eigenvalue weighted by atomic mass is 10.2. The first-order valence-electron chi connectivity index (χ1n) is 5.37. The number of thiophene rings is 1. The van der Waals surface area contributed by atoms with Gasteiger partial charge >= 0.3 is 0 Å². The van der Waals surface area contributed by atoms with Gasteiger partial charge in [-0.3, -0.25) is 0 Å². The lowest BCUT2D eigenvalue weighted by Crippen LogP contribution is -2.17. The van der Waals surface area contributed by atoms with Gasteiger partial charge in [0, 0.05) is 35.5 Å². The van der Waals surface area contributed by atoms with Gasteiger partial charge in [-0.05, 0) is 12.5 Å². The van der Waals surface area contributed by atoms with Gasteiger partial charge in [-0.15, -0.1) is 11.3 Å². The molecule has 0 aliphatic rings. The van der Waals surface area contributed by atoms with Crippen LogP contribution in [0.15, 0.2) is 29.6 Å². The fourth-order valence-corrected chi connectivity index (χ4v) is 2.78. The van der Waals surface area contributed by atoms with E-state index in [9.17, 15) is 0 Å². The fourth-order valence-electron chi connectivity index (χ4n) is 1.78. The molecule has 0 spiro atoms. The molecule has 0 radical (unpaired) electrons. The Morgan fingerprint density at radius 2 is 2.19 bits per heavy atom. The van der Waals surface area contributed by atoms with Crippen LogP contribution >= 0.6 is 11.3 Å². The molecule has 0 amide bonds. The van der Waals surface area contributed by atoms with E-state index in [-0.39, 0.29) is 0 Å². The largest absolute Gasteiger partial charge is 0.373 e. The van der Waals surface area contributed by atoms with Gasteiger partial charge in [0.2, 0.25) is 0 Å². The molecular formula is C13H14N2S. The zero-order chi connectivity index (χ0) is 11.4. The van der Waals surface area contributed by atoms with E-state index in [2.05, 4.69) is 47.7 Å². The Labute approximate surface area is 99.7 Å². The minimum Gasteiger partial charge on any atom is -0.373 e. The number of hydrogen-bond acceptors (Lipinski definition) is 3. The van der Waals surface area contributed by atoms with Crippen LogP contribution in [-0.4, -0.2) is 13.6 Å². The topological polar surface area (TPSA) is 27.0 Å². The average molecular weight is 230 g/mol. The van der Waals surface area contributed by atoms with E-state index in [1.807, 2.05) is 0 Å². The highest BCUT2D eigenvalue weighted by Gasteiger charge is 2.07. The van der Waals surface area contributed by atoms with Crippen LogP contribution in [0.3, 0.4) is 0 Å². The van der Waals surface area contributed by atoms with Crippen molar-refractivity contribution in [1.29, 1.82) is 5.26 Å². The summed E-state index contributed by atoms with van der Waals surface area (Å²) in [4.78, 5) is 2.23. The van der Waals surface area contributed by atoms with Gasteiger partial charge < -0.3 is 4.90 Å². The highest BCUT2D eigenvalue weighted by molar-refractivity contribution is 7.17. The lowest BCUT2D eigenvalue weighted by molar-refractivity contribution is 0.809. The third-order valence-electron chi connectivity index (χ3n) is 2.65. The third kappa shape index (κ3) is 2.17. The lowest BCUT2D eigenvalue weighted by Gasteiger charge is -2.17.